The summed E-state index contributed by atoms with van der Waals surface area (Å²) in [5, 5.41) is 0.803. The Morgan fingerprint density at radius 1 is 1.32 bits per heavy atom. The van der Waals surface area contributed by atoms with Crippen LogP contribution in [0, 0.1) is 5.92 Å². The summed E-state index contributed by atoms with van der Waals surface area (Å²) < 4.78 is 0. The van der Waals surface area contributed by atoms with Gasteiger partial charge in [0.25, 0.3) is 0 Å². The molecule has 1 aromatic rings. The minimum Gasteiger partial charge on any atom is -0.328 e. The average molecular weight is 281 g/mol. The molecule has 19 heavy (non-hydrogen) atoms. The summed E-state index contributed by atoms with van der Waals surface area (Å²) in [6.45, 7) is 3.39. The van der Waals surface area contributed by atoms with E-state index in [1.165, 1.54) is 31.2 Å². The van der Waals surface area contributed by atoms with Gasteiger partial charge in [0.05, 0.1) is 0 Å². The van der Waals surface area contributed by atoms with E-state index < -0.39 is 0 Å². The minimum atomic E-state index is 0.415. The first-order valence-corrected chi connectivity index (χ1v) is 7.65. The van der Waals surface area contributed by atoms with E-state index in [1.54, 1.807) is 0 Å². The molecule has 2 N–H and O–H groups in total. The largest absolute Gasteiger partial charge is 0.328 e. The van der Waals surface area contributed by atoms with Crippen LogP contribution < -0.4 is 5.73 Å². The van der Waals surface area contributed by atoms with Crippen molar-refractivity contribution in [3.63, 3.8) is 0 Å². The summed E-state index contributed by atoms with van der Waals surface area (Å²) in [7, 11) is 2.21. The molecule has 3 unspecified atom stereocenters. The number of nitrogens with zero attached hydrogens (tertiary/aromatic N) is 1. The Kier molecular flexibility index (Phi) is 5.26. The van der Waals surface area contributed by atoms with Crippen molar-refractivity contribution >= 4 is 11.6 Å². The SMILES string of the molecule is CC(c1ccc(Cl)cc1)N(C)CC1CCCC(N)C1. The molecule has 0 heterocycles. The molecule has 3 atom stereocenters. The van der Waals surface area contributed by atoms with Crippen LogP contribution >= 0.6 is 11.6 Å². The van der Waals surface area contributed by atoms with E-state index in [0.29, 0.717) is 12.1 Å². The van der Waals surface area contributed by atoms with Gasteiger partial charge in [0.1, 0.15) is 0 Å². The number of hydrogen-bond donors (Lipinski definition) is 1. The quantitative estimate of drug-likeness (QED) is 0.908. The minimum absolute atomic E-state index is 0.415. The first kappa shape index (κ1) is 14.8. The fourth-order valence-corrected chi connectivity index (χ4v) is 3.19. The normalized spacial score (nSPS) is 25.5. The second-order valence-corrected chi connectivity index (χ2v) is 6.40. The van der Waals surface area contributed by atoms with Gasteiger partial charge < -0.3 is 5.73 Å². The van der Waals surface area contributed by atoms with Gasteiger partial charge in [-0.15, -0.1) is 0 Å². The van der Waals surface area contributed by atoms with Crippen molar-refractivity contribution in [3.8, 4) is 0 Å². The average Bonchev–Trinajstić information content (AvgIpc) is 2.39. The van der Waals surface area contributed by atoms with Crippen LogP contribution in [0.15, 0.2) is 24.3 Å². The first-order valence-electron chi connectivity index (χ1n) is 7.27. The van der Waals surface area contributed by atoms with E-state index in [2.05, 4.69) is 31.0 Å². The lowest BCUT2D eigenvalue weighted by atomic mass is 9.85. The molecule has 0 bridgehead atoms. The molecule has 1 aromatic carbocycles. The Balaban J connectivity index is 1.91. The third-order valence-corrected chi connectivity index (χ3v) is 4.64. The fraction of sp³-hybridized carbons (Fsp3) is 0.625. The van der Waals surface area contributed by atoms with Crippen LogP contribution in [0.3, 0.4) is 0 Å². The monoisotopic (exact) mass is 280 g/mol. The zero-order chi connectivity index (χ0) is 13.8. The lowest BCUT2D eigenvalue weighted by Gasteiger charge is -2.33. The number of rotatable bonds is 4. The van der Waals surface area contributed by atoms with E-state index in [1.807, 2.05) is 12.1 Å². The fourth-order valence-electron chi connectivity index (χ4n) is 3.06. The standard InChI is InChI=1S/C16H25ClN2/c1-12(14-6-8-15(17)9-7-14)19(2)11-13-4-3-5-16(18)10-13/h6-9,12-13,16H,3-5,10-11,18H2,1-2H3. The smallest absolute Gasteiger partial charge is 0.0406 e. The maximum absolute atomic E-state index is 6.07. The van der Waals surface area contributed by atoms with E-state index in [9.17, 15) is 0 Å². The molecule has 1 aliphatic carbocycles. The second-order valence-electron chi connectivity index (χ2n) is 5.96. The Bertz CT molecular complexity index is 390. The van der Waals surface area contributed by atoms with Crippen molar-refractivity contribution < 1.29 is 0 Å². The highest BCUT2D eigenvalue weighted by molar-refractivity contribution is 6.30. The molecule has 106 valence electrons. The zero-order valence-corrected chi connectivity index (χ0v) is 12.7. The van der Waals surface area contributed by atoms with Crippen LogP contribution in [0.5, 0.6) is 0 Å². The van der Waals surface area contributed by atoms with Gasteiger partial charge >= 0.3 is 0 Å². The van der Waals surface area contributed by atoms with Gasteiger partial charge in [-0.25, -0.2) is 0 Å². The number of halogens is 1. The van der Waals surface area contributed by atoms with E-state index in [-0.39, 0.29) is 0 Å². The number of nitrogens with two attached hydrogens (primary N) is 1. The Labute approximate surface area is 121 Å². The molecular formula is C16H25ClN2. The predicted molar refractivity (Wildman–Crippen MR) is 82.4 cm³/mol. The topological polar surface area (TPSA) is 29.3 Å². The summed E-state index contributed by atoms with van der Waals surface area (Å²) in [4.78, 5) is 2.44. The summed E-state index contributed by atoms with van der Waals surface area (Å²) in [6.07, 6.45) is 4.99. The Morgan fingerprint density at radius 3 is 2.63 bits per heavy atom. The zero-order valence-electron chi connectivity index (χ0n) is 12.0. The molecular weight excluding hydrogens is 256 g/mol. The maximum Gasteiger partial charge on any atom is 0.0406 e. The predicted octanol–water partition coefficient (Wildman–Crippen LogP) is 3.85. The van der Waals surface area contributed by atoms with Crippen molar-refractivity contribution in [2.45, 2.75) is 44.7 Å². The molecule has 0 aliphatic heterocycles. The number of hydrogen-bond acceptors (Lipinski definition) is 2. The van der Waals surface area contributed by atoms with Crippen LogP contribution in [0.25, 0.3) is 0 Å². The van der Waals surface area contributed by atoms with Crippen molar-refractivity contribution in [1.82, 2.24) is 4.90 Å². The van der Waals surface area contributed by atoms with Crippen molar-refractivity contribution in [2.75, 3.05) is 13.6 Å². The molecule has 2 nitrogen and oxygen atoms in total. The van der Waals surface area contributed by atoms with Crippen molar-refractivity contribution in [3.05, 3.63) is 34.9 Å². The van der Waals surface area contributed by atoms with Crippen LogP contribution in [-0.4, -0.2) is 24.5 Å². The van der Waals surface area contributed by atoms with Crippen LogP contribution in [0.2, 0.25) is 5.02 Å². The molecule has 1 fully saturated rings. The van der Waals surface area contributed by atoms with Gasteiger partial charge in [-0.1, -0.05) is 30.2 Å². The molecule has 0 amide bonds. The van der Waals surface area contributed by atoms with E-state index >= 15 is 0 Å². The molecule has 2 rings (SSSR count). The summed E-state index contributed by atoms with van der Waals surface area (Å²) in [5.41, 5.74) is 7.40. The van der Waals surface area contributed by atoms with Crippen LogP contribution in [0.4, 0.5) is 0 Å². The molecule has 0 aromatic heterocycles. The van der Waals surface area contributed by atoms with Crippen molar-refractivity contribution in [2.24, 2.45) is 11.7 Å². The molecule has 1 saturated carbocycles. The molecule has 0 saturated heterocycles. The highest BCUT2D eigenvalue weighted by atomic mass is 35.5. The lowest BCUT2D eigenvalue weighted by Crippen LogP contribution is -2.35. The van der Waals surface area contributed by atoms with Gasteiger partial charge in [-0.3, -0.25) is 4.90 Å². The highest BCUT2D eigenvalue weighted by Crippen LogP contribution is 2.27. The molecule has 1 aliphatic rings. The van der Waals surface area contributed by atoms with E-state index in [4.69, 9.17) is 17.3 Å². The maximum atomic E-state index is 6.07. The van der Waals surface area contributed by atoms with Gasteiger partial charge in [0.2, 0.25) is 0 Å². The van der Waals surface area contributed by atoms with Gasteiger partial charge in [0.15, 0.2) is 0 Å². The van der Waals surface area contributed by atoms with Gasteiger partial charge in [-0.2, -0.15) is 0 Å². The van der Waals surface area contributed by atoms with Gasteiger partial charge in [-0.05, 0) is 56.8 Å². The van der Waals surface area contributed by atoms with Crippen LogP contribution in [-0.2, 0) is 0 Å². The number of benzene rings is 1. The lowest BCUT2D eigenvalue weighted by molar-refractivity contribution is 0.184. The third kappa shape index (κ3) is 4.20. The second kappa shape index (κ2) is 6.74. The summed E-state index contributed by atoms with van der Waals surface area (Å²) >= 11 is 5.94. The highest BCUT2D eigenvalue weighted by Gasteiger charge is 2.22. The Morgan fingerprint density at radius 2 is 2.00 bits per heavy atom. The Hall–Kier alpha value is -0.570. The van der Waals surface area contributed by atoms with E-state index in [0.717, 1.165) is 17.5 Å². The molecule has 0 radical (unpaired) electrons. The summed E-state index contributed by atoms with van der Waals surface area (Å²) in [6, 6.07) is 9.02. The van der Waals surface area contributed by atoms with Gasteiger partial charge in [0, 0.05) is 23.7 Å². The van der Waals surface area contributed by atoms with Crippen molar-refractivity contribution in [1.29, 1.82) is 0 Å². The summed E-state index contributed by atoms with van der Waals surface area (Å²) in [5.74, 6) is 0.753. The van der Waals surface area contributed by atoms with Crippen LogP contribution in [0.1, 0.15) is 44.2 Å². The first-order chi connectivity index (χ1) is 9.06. The third-order valence-electron chi connectivity index (χ3n) is 4.38. The molecule has 3 heteroatoms. The molecule has 0 spiro atoms.